The van der Waals surface area contributed by atoms with E-state index in [9.17, 15) is 0 Å². The minimum absolute atomic E-state index is 0.963. The second-order valence-electron chi connectivity index (χ2n) is 6.41. The fourth-order valence-electron chi connectivity index (χ4n) is 2.90. The number of aromatic nitrogens is 2. The van der Waals surface area contributed by atoms with Crippen molar-refractivity contribution in [2.45, 2.75) is 55.4 Å². The number of hydrogen-bond acceptors (Lipinski definition) is 3. The second-order valence-corrected chi connectivity index (χ2v) is 6.41. The summed E-state index contributed by atoms with van der Waals surface area (Å²) in [6.07, 6.45) is 0. The molecule has 0 saturated carbocycles. The van der Waals surface area contributed by atoms with E-state index in [1.165, 1.54) is 33.4 Å². The minimum atomic E-state index is 0.963. The lowest BCUT2D eigenvalue weighted by molar-refractivity contribution is 1.06. The molecule has 2 rings (SSSR count). The van der Waals surface area contributed by atoms with E-state index in [-0.39, 0.29) is 0 Å². The zero-order valence-corrected chi connectivity index (χ0v) is 15.8. The summed E-state index contributed by atoms with van der Waals surface area (Å²) in [6.45, 7) is 16.9. The van der Waals surface area contributed by atoms with Gasteiger partial charge in [-0.3, -0.25) is 9.98 Å². The molecular weight excluding hydrogens is 282 g/mol. The molecule has 0 aliphatic rings. The maximum absolute atomic E-state index is 4.95. The molecule has 23 heavy (non-hydrogen) atoms. The van der Waals surface area contributed by atoms with Crippen LogP contribution in [0.15, 0.2) is 4.99 Å². The maximum atomic E-state index is 4.95. The van der Waals surface area contributed by atoms with Crippen molar-refractivity contribution in [2.24, 2.45) is 4.99 Å². The van der Waals surface area contributed by atoms with Crippen LogP contribution in [-0.2, 0) is 0 Å². The number of rotatable bonds is 2. The lowest BCUT2D eigenvalue weighted by Gasteiger charge is -2.18. The van der Waals surface area contributed by atoms with Gasteiger partial charge in [0.1, 0.15) is 0 Å². The molecule has 0 aliphatic heterocycles. The van der Waals surface area contributed by atoms with Crippen LogP contribution in [0.5, 0.6) is 0 Å². The Labute approximate surface area is 139 Å². The third-order valence-electron chi connectivity index (χ3n) is 5.26. The van der Waals surface area contributed by atoms with E-state index in [1.807, 2.05) is 14.0 Å². The van der Waals surface area contributed by atoms with Crippen molar-refractivity contribution in [1.82, 2.24) is 9.97 Å². The van der Waals surface area contributed by atoms with Gasteiger partial charge in [-0.05, 0) is 88.8 Å². The van der Waals surface area contributed by atoms with Gasteiger partial charge in [-0.2, -0.15) is 0 Å². The zero-order chi connectivity index (χ0) is 17.5. The number of aliphatic imine (C=N–C) groups is 1. The molecule has 0 aliphatic carbocycles. The SMILES string of the molecule is CN=C(C)c1nc(-c2nc(C)c(C)c(C)c2C)c(C)c(C)c1C. The van der Waals surface area contributed by atoms with Crippen LogP contribution < -0.4 is 0 Å². The van der Waals surface area contributed by atoms with E-state index < -0.39 is 0 Å². The van der Waals surface area contributed by atoms with Gasteiger partial charge < -0.3 is 0 Å². The normalized spacial score (nSPS) is 12.0. The third kappa shape index (κ3) is 2.80. The van der Waals surface area contributed by atoms with E-state index in [4.69, 9.17) is 9.97 Å². The van der Waals surface area contributed by atoms with Gasteiger partial charge >= 0.3 is 0 Å². The summed E-state index contributed by atoms with van der Waals surface area (Å²) < 4.78 is 0. The number of hydrogen-bond donors (Lipinski definition) is 0. The molecule has 0 bridgehead atoms. The molecule has 0 spiro atoms. The van der Waals surface area contributed by atoms with E-state index >= 15 is 0 Å². The van der Waals surface area contributed by atoms with Gasteiger partial charge in [-0.1, -0.05) is 0 Å². The highest BCUT2D eigenvalue weighted by Gasteiger charge is 2.18. The first-order chi connectivity index (χ1) is 10.7. The average Bonchev–Trinajstić information content (AvgIpc) is 2.54. The maximum Gasteiger partial charge on any atom is 0.0929 e. The molecule has 0 atom stereocenters. The molecule has 0 N–H and O–H groups in total. The average molecular weight is 309 g/mol. The molecule has 3 nitrogen and oxygen atoms in total. The van der Waals surface area contributed by atoms with Crippen molar-refractivity contribution in [1.29, 1.82) is 0 Å². The summed E-state index contributed by atoms with van der Waals surface area (Å²) in [5.41, 5.74) is 12.4. The Kier molecular flexibility index (Phi) is 4.69. The highest BCUT2D eigenvalue weighted by Crippen LogP contribution is 2.31. The van der Waals surface area contributed by atoms with Crippen LogP contribution in [0, 0.1) is 48.5 Å². The molecule has 0 saturated heterocycles. The van der Waals surface area contributed by atoms with Gasteiger partial charge in [0.15, 0.2) is 0 Å². The van der Waals surface area contributed by atoms with Crippen LogP contribution in [0.2, 0.25) is 0 Å². The quantitative estimate of drug-likeness (QED) is 0.751. The monoisotopic (exact) mass is 309 g/mol. The molecule has 122 valence electrons. The van der Waals surface area contributed by atoms with Crippen molar-refractivity contribution in [2.75, 3.05) is 7.05 Å². The minimum Gasteiger partial charge on any atom is -0.291 e. The van der Waals surface area contributed by atoms with Crippen LogP contribution in [0.3, 0.4) is 0 Å². The number of nitrogens with zero attached hydrogens (tertiary/aromatic N) is 3. The molecule has 0 aromatic carbocycles. The van der Waals surface area contributed by atoms with Crippen molar-refractivity contribution in [3.8, 4) is 11.4 Å². The first kappa shape index (κ1) is 17.3. The van der Waals surface area contributed by atoms with Gasteiger partial charge in [0.2, 0.25) is 0 Å². The number of pyridine rings is 2. The molecule has 0 unspecified atom stereocenters. The van der Waals surface area contributed by atoms with E-state index in [0.717, 1.165) is 28.5 Å². The van der Waals surface area contributed by atoms with Crippen molar-refractivity contribution in [3.05, 3.63) is 44.8 Å². The fraction of sp³-hybridized carbons (Fsp3) is 0.450. The first-order valence-corrected chi connectivity index (χ1v) is 8.07. The molecule has 0 radical (unpaired) electrons. The summed E-state index contributed by atoms with van der Waals surface area (Å²) in [6, 6.07) is 0. The van der Waals surface area contributed by atoms with Crippen LogP contribution in [0.1, 0.15) is 51.7 Å². The molecule has 2 heterocycles. The second kappa shape index (κ2) is 6.23. The molecular formula is C20H27N3. The van der Waals surface area contributed by atoms with Gasteiger partial charge in [-0.25, -0.2) is 4.98 Å². The highest BCUT2D eigenvalue weighted by molar-refractivity contribution is 5.99. The van der Waals surface area contributed by atoms with E-state index in [1.54, 1.807) is 0 Å². The fourth-order valence-corrected chi connectivity index (χ4v) is 2.90. The summed E-state index contributed by atoms with van der Waals surface area (Å²) >= 11 is 0. The smallest absolute Gasteiger partial charge is 0.0929 e. The van der Waals surface area contributed by atoms with E-state index in [0.29, 0.717) is 0 Å². The third-order valence-corrected chi connectivity index (χ3v) is 5.26. The molecule has 3 heteroatoms. The predicted molar refractivity (Wildman–Crippen MR) is 98.8 cm³/mol. The van der Waals surface area contributed by atoms with Gasteiger partial charge in [-0.15, -0.1) is 0 Å². The van der Waals surface area contributed by atoms with Crippen LogP contribution in [-0.4, -0.2) is 22.7 Å². The predicted octanol–water partition coefficient (Wildman–Crippen LogP) is 4.74. The van der Waals surface area contributed by atoms with Crippen LogP contribution >= 0.6 is 0 Å². The van der Waals surface area contributed by atoms with Gasteiger partial charge in [0.25, 0.3) is 0 Å². The molecule has 0 fully saturated rings. The summed E-state index contributed by atoms with van der Waals surface area (Å²) in [4.78, 5) is 14.1. The van der Waals surface area contributed by atoms with Gasteiger partial charge in [0, 0.05) is 12.7 Å². The molecule has 0 amide bonds. The Hall–Kier alpha value is -2.03. The molecule has 2 aromatic heterocycles. The Morgan fingerprint density at radius 3 is 1.65 bits per heavy atom. The Bertz CT molecular complexity index is 815. The highest BCUT2D eigenvalue weighted by atomic mass is 14.8. The Balaban J connectivity index is 2.87. The van der Waals surface area contributed by atoms with Crippen molar-refractivity contribution in [3.63, 3.8) is 0 Å². The standard InChI is InChI=1S/C20H27N3/c1-10-12(3)16(7)22-19(14(10)5)20-15(6)11(2)13(4)18(23-20)17(8)21-9/h1-9H3. The van der Waals surface area contributed by atoms with Crippen LogP contribution in [0.4, 0.5) is 0 Å². The Morgan fingerprint density at radius 2 is 1.13 bits per heavy atom. The summed E-state index contributed by atoms with van der Waals surface area (Å²) in [5.74, 6) is 0. The first-order valence-electron chi connectivity index (χ1n) is 8.07. The van der Waals surface area contributed by atoms with E-state index in [2.05, 4.69) is 53.5 Å². The molecule has 2 aromatic rings. The largest absolute Gasteiger partial charge is 0.291 e. The summed E-state index contributed by atoms with van der Waals surface area (Å²) in [7, 11) is 1.81. The van der Waals surface area contributed by atoms with Gasteiger partial charge in [0.05, 0.1) is 22.8 Å². The van der Waals surface area contributed by atoms with Crippen LogP contribution in [0.25, 0.3) is 11.4 Å². The Morgan fingerprint density at radius 1 is 0.652 bits per heavy atom. The zero-order valence-electron chi connectivity index (χ0n) is 15.8. The topological polar surface area (TPSA) is 38.1 Å². The van der Waals surface area contributed by atoms with Crippen molar-refractivity contribution < 1.29 is 0 Å². The lowest BCUT2D eigenvalue weighted by atomic mass is 9.94. The summed E-state index contributed by atoms with van der Waals surface area (Å²) in [5, 5.41) is 0. The van der Waals surface area contributed by atoms with Crippen molar-refractivity contribution >= 4 is 5.71 Å². The lowest BCUT2D eigenvalue weighted by Crippen LogP contribution is -2.09. The number of aryl methyl sites for hydroxylation is 1.